The number of benzene rings is 10. The van der Waals surface area contributed by atoms with Gasteiger partial charge in [0.2, 0.25) is 0 Å². The van der Waals surface area contributed by atoms with Gasteiger partial charge in [-0.25, -0.2) is 0 Å². The summed E-state index contributed by atoms with van der Waals surface area (Å²) in [6, 6.07) is 85.0. The Morgan fingerprint density at radius 1 is 0.267 bits per heavy atom. The molecule has 0 bridgehead atoms. The van der Waals surface area contributed by atoms with Crippen LogP contribution in [0.1, 0.15) is 0 Å². The average Bonchev–Trinajstić information content (AvgIpc) is 3.72. The van der Waals surface area contributed by atoms with Crippen molar-refractivity contribution >= 4 is 49.8 Å². The smallest absolute Gasteiger partial charge is 0.143 e. The van der Waals surface area contributed by atoms with Crippen LogP contribution < -0.4 is 4.90 Å². The summed E-state index contributed by atoms with van der Waals surface area (Å²) in [5.74, 6) is 0. The summed E-state index contributed by atoms with van der Waals surface area (Å²) in [5, 5.41) is 4.70. The van der Waals surface area contributed by atoms with E-state index in [9.17, 15) is 0 Å². The topological polar surface area (TPSA) is 16.4 Å². The summed E-state index contributed by atoms with van der Waals surface area (Å²) in [5.41, 5.74) is 16.7. The molecule has 2 nitrogen and oxygen atoms in total. The van der Waals surface area contributed by atoms with Gasteiger partial charge in [-0.3, -0.25) is 0 Å². The van der Waals surface area contributed by atoms with Crippen molar-refractivity contribution in [1.29, 1.82) is 0 Å². The Balaban J connectivity index is 1.07. The highest BCUT2D eigenvalue weighted by Gasteiger charge is 2.19. The van der Waals surface area contributed by atoms with E-state index in [-0.39, 0.29) is 0 Å². The molecule has 11 rings (SSSR count). The van der Waals surface area contributed by atoms with Gasteiger partial charge in [0.1, 0.15) is 11.2 Å². The monoisotopic (exact) mass is 765 g/mol. The summed E-state index contributed by atoms with van der Waals surface area (Å²) >= 11 is 0. The Bertz CT molecular complexity index is 3290. The van der Waals surface area contributed by atoms with Crippen LogP contribution in [-0.2, 0) is 0 Å². The molecule has 0 radical (unpaired) electrons. The molecule has 0 aliphatic rings. The van der Waals surface area contributed by atoms with Gasteiger partial charge in [-0.2, -0.15) is 0 Å². The van der Waals surface area contributed by atoms with E-state index in [2.05, 4.69) is 229 Å². The predicted octanol–water partition coefficient (Wildman–Crippen LogP) is 16.5. The third-order valence-electron chi connectivity index (χ3n) is 11.7. The van der Waals surface area contributed by atoms with Crippen LogP contribution in [0.5, 0.6) is 0 Å². The molecule has 0 N–H and O–H groups in total. The largest absolute Gasteiger partial charge is 0.455 e. The summed E-state index contributed by atoms with van der Waals surface area (Å²) in [6.45, 7) is 0. The van der Waals surface area contributed by atoms with Crippen LogP contribution in [0.15, 0.2) is 241 Å². The molecule has 60 heavy (non-hydrogen) atoms. The molecular weight excluding hydrogens is 727 g/mol. The van der Waals surface area contributed by atoms with Crippen LogP contribution in [0.25, 0.3) is 88.3 Å². The Labute approximate surface area is 349 Å². The van der Waals surface area contributed by atoms with Gasteiger partial charge < -0.3 is 9.32 Å². The Morgan fingerprint density at radius 3 is 1.57 bits per heavy atom. The fraction of sp³-hybridized carbons (Fsp3) is 0. The molecule has 0 saturated heterocycles. The average molecular weight is 766 g/mol. The number of rotatable bonds is 8. The van der Waals surface area contributed by atoms with E-state index in [4.69, 9.17) is 4.42 Å². The van der Waals surface area contributed by atoms with Gasteiger partial charge in [0.25, 0.3) is 0 Å². The third kappa shape index (κ3) is 6.51. The second-order valence-corrected chi connectivity index (χ2v) is 15.3. The molecule has 282 valence electrons. The quantitative estimate of drug-likeness (QED) is 0.153. The van der Waals surface area contributed by atoms with Crippen LogP contribution in [-0.4, -0.2) is 0 Å². The summed E-state index contributed by atoms with van der Waals surface area (Å²) < 4.78 is 6.45. The molecule has 1 aromatic heterocycles. The molecular formula is C58H39NO. The van der Waals surface area contributed by atoms with Crippen LogP contribution in [0, 0.1) is 0 Å². The number of fused-ring (bicyclic) bond motifs is 4. The number of hydrogen-bond donors (Lipinski definition) is 0. The van der Waals surface area contributed by atoms with Crippen molar-refractivity contribution in [1.82, 2.24) is 0 Å². The highest BCUT2D eigenvalue weighted by Crippen LogP contribution is 2.43. The zero-order chi connectivity index (χ0) is 39.8. The normalized spacial score (nSPS) is 11.3. The molecule has 0 saturated carbocycles. The number of anilines is 3. The summed E-state index contributed by atoms with van der Waals surface area (Å²) in [4.78, 5) is 2.37. The molecule has 0 amide bonds. The van der Waals surface area contributed by atoms with Crippen molar-refractivity contribution in [3.8, 4) is 55.6 Å². The van der Waals surface area contributed by atoms with Gasteiger partial charge >= 0.3 is 0 Å². The maximum Gasteiger partial charge on any atom is 0.143 e. The van der Waals surface area contributed by atoms with Crippen LogP contribution in [0.3, 0.4) is 0 Å². The first-order valence-electron chi connectivity index (χ1n) is 20.5. The molecule has 0 aliphatic heterocycles. The number of hydrogen-bond acceptors (Lipinski definition) is 2. The maximum atomic E-state index is 6.45. The van der Waals surface area contributed by atoms with E-state index in [0.29, 0.717) is 0 Å². The minimum Gasteiger partial charge on any atom is -0.455 e. The molecule has 0 fully saturated rings. The minimum atomic E-state index is 0.902. The highest BCUT2D eigenvalue weighted by molar-refractivity contribution is 6.09. The van der Waals surface area contributed by atoms with Crippen molar-refractivity contribution in [3.05, 3.63) is 237 Å². The number of para-hydroxylation sites is 2. The van der Waals surface area contributed by atoms with E-state index in [1.54, 1.807) is 0 Å². The first-order valence-corrected chi connectivity index (χ1v) is 20.5. The molecule has 10 aromatic carbocycles. The highest BCUT2D eigenvalue weighted by atomic mass is 16.3. The Hall–Kier alpha value is -7.94. The molecule has 1 heterocycles. The lowest BCUT2D eigenvalue weighted by Crippen LogP contribution is -2.10. The molecule has 0 spiro atoms. The molecule has 0 atom stereocenters. The first kappa shape index (κ1) is 35.2. The molecule has 2 heteroatoms. The lowest BCUT2D eigenvalue weighted by Gasteiger charge is -2.27. The van der Waals surface area contributed by atoms with Crippen molar-refractivity contribution in [2.24, 2.45) is 0 Å². The Morgan fingerprint density at radius 2 is 0.800 bits per heavy atom. The van der Waals surface area contributed by atoms with E-state index in [1.807, 2.05) is 12.1 Å². The molecule has 11 aromatic rings. The second-order valence-electron chi connectivity index (χ2n) is 15.3. The Kier molecular flexibility index (Phi) is 8.87. The summed E-state index contributed by atoms with van der Waals surface area (Å²) in [6.07, 6.45) is 0. The van der Waals surface area contributed by atoms with Crippen LogP contribution in [0.4, 0.5) is 17.1 Å². The van der Waals surface area contributed by atoms with Gasteiger partial charge in [-0.15, -0.1) is 0 Å². The van der Waals surface area contributed by atoms with Crippen LogP contribution >= 0.6 is 0 Å². The lowest BCUT2D eigenvalue weighted by molar-refractivity contribution is 0.670. The maximum absolute atomic E-state index is 6.45. The zero-order valence-electron chi connectivity index (χ0n) is 32.9. The van der Waals surface area contributed by atoms with Gasteiger partial charge in [-0.05, 0) is 115 Å². The standard InChI is InChI=1S/C58H39NO/c1-3-13-40(14-4-1)43-27-31-49(32-28-43)59(50-33-29-44(30-34-50)53-22-12-23-55-54-21-9-10-24-57(54)60-58(53)55)51-35-36-52(47-20-11-19-46(37-47)41-15-5-2-6-16-41)56(39-51)48-26-25-42-17-7-8-18-45(42)38-48/h1-39H. The van der Waals surface area contributed by atoms with Crippen molar-refractivity contribution in [2.75, 3.05) is 4.90 Å². The van der Waals surface area contributed by atoms with E-state index < -0.39 is 0 Å². The van der Waals surface area contributed by atoms with E-state index >= 15 is 0 Å². The lowest BCUT2D eigenvalue weighted by atomic mass is 9.91. The predicted molar refractivity (Wildman–Crippen MR) is 253 cm³/mol. The van der Waals surface area contributed by atoms with Crippen molar-refractivity contribution in [3.63, 3.8) is 0 Å². The third-order valence-corrected chi connectivity index (χ3v) is 11.7. The van der Waals surface area contributed by atoms with E-state index in [1.165, 1.54) is 55.3 Å². The number of nitrogens with zero attached hydrogens (tertiary/aromatic N) is 1. The first-order chi connectivity index (χ1) is 29.7. The number of furan rings is 1. The fourth-order valence-electron chi connectivity index (χ4n) is 8.66. The van der Waals surface area contributed by atoms with Crippen molar-refractivity contribution < 1.29 is 4.42 Å². The second kappa shape index (κ2) is 15.1. The fourth-order valence-corrected chi connectivity index (χ4v) is 8.66. The van der Waals surface area contributed by atoms with Gasteiger partial charge in [-0.1, -0.05) is 182 Å². The van der Waals surface area contributed by atoms with E-state index in [0.717, 1.165) is 50.1 Å². The van der Waals surface area contributed by atoms with Gasteiger partial charge in [0.15, 0.2) is 0 Å². The molecule has 0 aliphatic carbocycles. The zero-order valence-corrected chi connectivity index (χ0v) is 32.9. The summed E-state index contributed by atoms with van der Waals surface area (Å²) in [7, 11) is 0. The minimum absolute atomic E-state index is 0.902. The van der Waals surface area contributed by atoms with Crippen LogP contribution in [0.2, 0.25) is 0 Å². The van der Waals surface area contributed by atoms with Crippen molar-refractivity contribution in [2.45, 2.75) is 0 Å². The van der Waals surface area contributed by atoms with Gasteiger partial charge in [0.05, 0.1) is 0 Å². The molecule has 0 unspecified atom stereocenters. The SMILES string of the molecule is c1ccc(-c2ccc(N(c3ccc(-c4cccc5c4oc4ccccc45)cc3)c3ccc(-c4cccc(-c5ccccc5)c4)c(-c4ccc5ccccc5c4)c3)cc2)cc1. The van der Waals surface area contributed by atoms with Gasteiger partial charge in [0, 0.05) is 33.4 Å².